The van der Waals surface area contributed by atoms with Gasteiger partial charge in [-0.2, -0.15) is 0 Å². The summed E-state index contributed by atoms with van der Waals surface area (Å²) < 4.78 is 10.6. The predicted molar refractivity (Wildman–Crippen MR) is 115 cm³/mol. The van der Waals surface area contributed by atoms with Gasteiger partial charge in [0.2, 0.25) is 5.91 Å². The molecule has 31 heavy (non-hydrogen) atoms. The molecule has 0 spiro atoms. The number of benzene rings is 2. The molecule has 0 saturated carbocycles. The Balaban J connectivity index is 1.56. The van der Waals surface area contributed by atoms with Gasteiger partial charge < -0.3 is 9.47 Å². The molecule has 164 valence electrons. The zero-order valence-corrected chi connectivity index (χ0v) is 17.8. The first-order valence-electron chi connectivity index (χ1n) is 9.71. The molecule has 2 N–H and O–H groups in total. The lowest BCUT2D eigenvalue weighted by atomic mass is 10.1. The Hall–Kier alpha value is -3.11. The van der Waals surface area contributed by atoms with E-state index < -0.39 is 16.7 Å². The highest BCUT2D eigenvalue weighted by Crippen LogP contribution is 2.32. The zero-order chi connectivity index (χ0) is 22.2. The van der Waals surface area contributed by atoms with Gasteiger partial charge in [-0.05, 0) is 42.7 Å². The Morgan fingerprint density at radius 1 is 1.23 bits per heavy atom. The van der Waals surface area contributed by atoms with Gasteiger partial charge in [0.05, 0.1) is 29.5 Å². The van der Waals surface area contributed by atoms with Crippen LogP contribution in [0.25, 0.3) is 0 Å². The number of rotatable bonds is 8. The summed E-state index contributed by atoms with van der Waals surface area (Å²) in [6.45, 7) is 0.719. The number of carbonyl (C=O) groups is 2. The highest BCUT2D eigenvalue weighted by atomic mass is 32.2. The highest BCUT2D eigenvalue weighted by Gasteiger charge is 2.21. The summed E-state index contributed by atoms with van der Waals surface area (Å²) in [5.41, 5.74) is 5.29. The Kier molecular flexibility index (Phi) is 7.85. The summed E-state index contributed by atoms with van der Waals surface area (Å²) in [4.78, 5) is 35.8. The second-order valence-corrected chi connectivity index (χ2v) is 7.97. The molecule has 1 saturated heterocycles. The molecule has 9 nitrogen and oxygen atoms in total. The molecule has 0 bridgehead atoms. The second-order valence-electron chi connectivity index (χ2n) is 6.91. The monoisotopic (exact) mass is 445 g/mol. The fourth-order valence-corrected chi connectivity index (χ4v) is 4.13. The van der Waals surface area contributed by atoms with Crippen molar-refractivity contribution >= 4 is 29.3 Å². The van der Waals surface area contributed by atoms with Crippen LogP contribution in [0.2, 0.25) is 0 Å². The van der Waals surface area contributed by atoms with Crippen LogP contribution in [0.1, 0.15) is 28.8 Å². The summed E-state index contributed by atoms with van der Waals surface area (Å²) in [5, 5.41) is 11.5. The Bertz CT molecular complexity index is 945. The third kappa shape index (κ3) is 6.43. The third-order valence-electron chi connectivity index (χ3n) is 4.71. The fraction of sp³-hybridized carbons (Fsp3) is 0.333. The number of carbonyl (C=O) groups excluding carboxylic acids is 2. The van der Waals surface area contributed by atoms with Crippen LogP contribution in [-0.2, 0) is 16.0 Å². The number of nitrogens with one attached hydrogen (secondary N) is 2. The normalized spacial score (nSPS) is 15.3. The van der Waals surface area contributed by atoms with E-state index in [9.17, 15) is 19.7 Å². The molecule has 1 unspecified atom stereocenters. The van der Waals surface area contributed by atoms with Crippen LogP contribution >= 0.6 is 11.8 Å². The molecule has 10 heteroatoms. The maximum Gasteiger partial charge on any atom is 0.283 e. The van der Waals surface area contributed by atoms with Gasteiger partial charge in [-0.25, -0.2) is 0 Å². The minimum Gasteiger partial charge on any atom is -0.497 e. The number of nitro benzene ring substituents is 1. The fourth-order valence-electron chi connectivity index (χ4n) is 3.05. The van der Waals surface area contributed by atoms with E-state index in [1.54, 1.807) is 37.4 Å². The molecule has 1 fully saturated rings. The van der Waals surface area contributed by atoms with Crippen molar-refractivity contribution in [3.05, 3.63) is 63.7 Å². The number of nitrogens with zero attached hydrogens (tertiary/aromatic N) is 1. The van der Waals surface area contributed by atoms with Gasteiger partial charge in [-0.3, -0.25) is 30.6 Å². The number of hydrogen-bond acceptors (Lipinski definition) is 7. The van der Waals surface area contributed by atoms with Crippen LogP contribution in [0.5, 0.6) is 5.75 Å². The summed E-state index contributed by atoms with van der Waals surface area (Å²) in [6, 6.07) is 11.2. The summed E-state index contributed by atoms with van der Waals surface area (Å²) in [5.74, 6) is 0.239. The molecular weight excluding hydrogens is 422 g/mol. The number of thioether (sulfide) groups is 1. The van der Waals surface area contributed by atoms with E-state index in [1.165, 1.54) is 23.9 Å². The van der Waals surface area contributed by atoms with Crippen LogP contribution in [0.3, 0.4) is 0 Å². The minimum atomic E-state index is -0.637. The lowest BCUT2D eigenvalue weighted by molar-refractivity contribution is -0.387. The lowest BCUT2D eigenvalue weighted by Crippen LogP contribution is -2.42. The number of methoxy groups -OCH3 is 1. The summed E-state index contributed by atoms with van der Waals surface area (Å²) in [7, 11) is 1.55. The zero-order valence-electron chi connectivity index (χ0n) is 17.0. The Labute approximate surface area is 183 Å². The smallest absolute Gasteiger partial charge is 0.283 e. The van der Waals surface area contributed by atoms with Crippen molar-refractivity contribution in [2.24, 2.45) is 0 Å². The molecule has 1 aliphatic heterocycles. The summed E-state index contributed by atoms with van der Waals surface area (Å²) >= 11 is 1.34. The van der Waals surface area contributed by atoms with Crippen LogP contribution < -0.4 is 15.6 Å². The third-order valence-corrected chi connectivity index (χ3v) is 5.90. The number of hydrogen-bond donors (Lipinski definition) is 2. The molecule has 2 amide bonds. The van der Waals surface area contributed by atoms with E-state index in [4.69, 9.17) is 9.47 Å². The van der Waals surface area contributed by atoms with Crippen molar-refractivity contribution in [2.45, 2.75) is 30.3 Å². The van der Waals surface area contributed by atoms with E-state index in [-0.39, 0.29) is 23.8 Å². The van der Waals surface area contributed by atoms with Crippen LogP contribution in [-0.4, -0.2) is 42.3 Å². The number of nitro groups is 1. The van der Waals surface area contributed by atoms with Crippen molar-refractivity contribution in [3.63, 3.8) is 0 Å². The molecule has 1 heterocycles. The molecule has 1 aliphatic rings. The largest absolute Gasteiger partial charge is 0.497 e. The lowest BCUT2D eigenvalue weighted by Gasteiger charge is -2.10. The average Bonchev–Trinajstić information content (AvgIpc) is 3.30. The van der Waals surface area contributed by atoms with Crippen molar-refractivity contribution in [1.29, 1.82) is 0 Å². The standard InChI is InChI=1S/C21H23N3O6S/c1-29-16-7-4-14(5-8-16)11-20(25)22-23-21(26)15-6-9-19(18(12-15)24(27)28)31-13-17-3-2-10-30-17/h4-9,12,17H,2-3,10-11,13H2,1H3,(H,22,25)(H,23,26). The first-order chi connectivity index (χ1) is 15.0. The van der Waals surface area contributed by atoms with Crippen LogP contribution in [0.15, 0.2) is 47.4 Å². The van der Waals surface area contributed by atoms with E-state index in [0.29, 0.717) is 16.4 Å². The average molecular weight is 445 g/mol. The van der Waals surface area contributed by atoms with Gasteiger partial charge in [-0.1, -0.05) is 12.1 Å². The molecule has 0 aliphatic carbocycles. The molecule has 0 radical (unpaired) electrons. The Morgan fingerprint density at radius 2 is 2.00 bits per heavy atom. The molecular formula is C21H23N3O6S. The Morgan fingerprint density at radius 3 is 2.65 bits per heavy atom. The topological polar surface area (TPSA) is 120 Å². The van der Waals surface area contributed by atoms with E-state index >= 15 is 0 Å². The molecule has 3 rings (SSSR count). The predicted octanol–water partition coefficient (Wildman–Crippen LogP) is 2.88. The first kappa shape index (κ1) is 22.6. The SMILES string of the molecule is COc1ccc(CC(=O)NNC(=O)c2ccc(SCC3CCCO3)c([N+](=O)[O-])c2)cc1. The van der Waals surface area contributed by atoms with Crippen molar-refractivity contribution < 1.29 is 24.0 Å². The van der Waals surface area contributed by atoms with E-state index in [1.807, 2.05) is 0 Å². The van der Waals surface area contributed by atoms with Gasteiger partial charge in [0.25, 0.3) is 11.6 Å². The van der Waals surface area contributed by atoms with Gasteiger partial charge in [0, 0.05) is 24.0 Å². The quantitative estimate of drug-likeness (QED) is 0.364. The van der Waals surface area contributed by atoms with Gasteiger partial charge in [-0.15, -0.1) is 11.8 Å². The second kappa shape index (κ2) is 10.8. The van der Waals surface area contributed by atoms with Crippen LogP contribution in [0.4, 0.5) is 5.69 Å². The number of ether oxygens (including phenoxy) is 2. The van der Waals surface area contributed by atoms with Gasteiger partial charge in [0.1, 0.15) is 5.75 Å². The molecule has 2 aromatic rings. The van der Waals surface area contributed by atoms with Crippen molar-refractivity contribution in [3.8, 4) is 5.75 Å². The van der Waals surface area contributed by atoms with E-state index in [0.717, 1.165) is 25.0 Å². The maximum atomic E-state index is 12.3. The first-order valence-corrected chi connectivity index (χ1v) is 10.7. The number of amides is 2. The van der Waals surface area contributed by atoms with Crippen LogP contribution in [0, 0.1) is 10.1 Å². The number of hydrazine groups is 1. The maximum absolute atomic E-state index is 12.3. The minimum absolute atomic E-state index is 0.0588. The molecule has 2 aromatic carbocycles. The van der Waals surface area contributed by atoms with Crippen molar-refractivity contribution in [2.75, 3.05) is 19.5 Å². The van der Waals surface area contributed by atoms with Gasteiger partial charge in [0.15, 0.2) is 0 Å². The summed E-state index contributed by atoms with van der Waals surface area (Å²) in [6.07, 6.45) is 2.09. The molecule has 0 aromatic heterocycles. The van der Waals surface area contributed by atoms with Gasteiger partial charge >= 0.3 is 0 Å². The molecule has 1 atom stereocenters. The highest BCUT2D eigenvalue weighted by molar-refractivity contribution is 7.99. The van der Waals surface area contributed by atoms with Crippen molar-refractivity contribution in [1.82, 2.24) is 10.9 Å². The van der Waals surface area contributed by atoms with E-state index in [2.05, 4.69) is 10.9 Å².